The normalized spacial score (nSPS) is 15.3. The third kappa shape index (κ3) is 21.1. The molecule has 0 bridgehead atoms. The lowest BCUT2D eigenvalue weighted by molar-refractivity contribution is -0.148. The van der Waals surface area contributed by atoms with E-state index in [4.69, 9.17) is 0 Å². The number of amides is 4. The lowest BCUT2D eigenvalue weighted by Gasteiger charge is -2.34. The summed E-state index contributed by atoms with van der Waals surface area (Å²) in [5.74, 6) is -0.778. The van der Waals surface area contributed by atoms with Crippen LogP contribution in [0.3, 0.4) is 0 Å². The molecular formula is C54H78N6O9. The Labute approximate surface area is 409 Å². The molecule has 0 saturated heterocycles. The Hall–Kier alpha value is -6.51. The zero-order valence-electron chi connectivity index (χ0n) is 44.4. The van der Waals surface area contributed by atoms with Crippen LogP contribution in [0.1, 0.15) is 144 Å². The molecule has 0 radical (unpaired) electrons. The second-order valence-electron chi connectivity index (χ2n) is 22.4. The van der Waals surface area contributed by atoms with Crippen molar-refractivity contribution in [1.29, 1.82) is 0 Å². The van der Waals surface area contributed by atoms with Gasteiger partial charge in [0.1, 0.15) is 0 Å². The van der Waals surface area contributed by atoms with E-state index in [0.29, 0.717) is 6.42 Å². The van der Waals surface area contributed by atoms with Crippen molar-refractivity contribution in [3.8, 4) is 0 Å². The molecule has 4 amide bonds. The van der Waals surface area contributed by atoms with Crippen LogP contribution in [-0.4, -0.2) is 80.2 Å². The van der Waals surface area contributed by atoms with Gasteiger partial charge in [-0.1, -0.05) is 18.2 Å². The van der Waals surface area contributed by atoms with Crippen LogP contribution < -0.4 is 16.5 Å². The zero-order valence-corrected chi connectivity index (χ0v) is 44.4. The van der Waals surface area contributed by atoms with Gasteiger partial charge in [-0.15, -0.1) is 0 Å². The number of pyridine rings is 3. The summed E-state index contributed by atoms with van der Waals surface area (Å²) in [6.07, 6.45) is 16.7. The molecule has 0 spiro atoms. The van der Waals surface area contributed by atoms with Crippen molar-refractivity contribution < 1.29 is 28.8 Å². The fraction of sp³-hybridized carbons (Fsp3) is 0.500. The van der Waals surface area contributed by atoms with Gasteiger partial charge >= 0.3 is 0 Å². The van der Waals surface area contributed by atoms with Gasteiger partial charge in [0.05, 0.1) is 12.8 Å². The molecule has 0 atom stereocenters. The molecule has 6 rings (SSSR count). The molecule has 3 aliphatic heterocycles. The van der Waals surface area contributed by atoms with Gasteiger partial charge < -0.3 is 23.5 Å². The standard InChI is InChI=1S/3C9H13NO2.3C9H13NO/c2*1-9(2,3)10-5-4-7(11)6-8(10)12;1-9(2,3)10-7(11)5-4-6-8(10)12;1-9(2,3)10-6-4-8(11)5-7-10;2*1-9(2,3)10-7-5-4-6-8(10)11/h3*4-5H,6H2,1-3H3;3*4-7H,1-3H3. The molecule has 0 aliphatic carbocycles. The van der Waals surface area contributed by atoms with Crippen LogP contribution >= 0.6 is 0 Å². The smallest absolute Gasteiger partial charge is 0.253 e. The molecule has 3 aromatic rings. The molecule has 3 aromatic heterocycles. The lowest BCUT2D eigenvalue weighted by atomic mass is 10.0. The zero-order chi connectivity index (χ0) is 53.5. The van der Waals surface area contributed by atoms with Gasteiger partial charge in [-0.2, -0.15) is 0 Å². The highest BCUT2D eigenvalue weighted by Gasteiger charge is 2.32. The van der Waals surface area contributed by atoms with Crippen LogP contribution in [0.15, 0.2) is 124 Å². The molecule has 0 fully saturated rings. The van der Waals surface area contributed by atoms with Crippen LogP contribution in [0.4, 0.5) is 0 Å². The highest BCUT2D eigenvalue weighted by atomic mass is 16.2. The van der Waals surface area contributed by atoms with E-state index >= 15 is 0 Å². The molecule has 0 saturated carbocycles. The second-order valence-corrected chi connectivity index (χ2v) is 22.4. The predicted molar refractivity (Wildman–Crippen MR) is 273 cm³/mol. The van der Waals surface area contributed by atoms with E-state index in [-0.39, 0.29) is 92.3 Å². The van der Waals surface area contributed by atoms with Gasteiger partial charge in [0.15, 0.2) is 17.0 Å². The van der Waals surface area contributed by atoms with Crippen LogP contribution in [0, 0.1) is 0 Å². The molecule has 15 heteroatoms. The van der Waals surface area contributed by atoms with Crippen LogP contribution in [0.25, 0.3) is 0 Å². The third-order valence-electron chi connectivity index (χ3n) is 9.81. The first-order chi connectivity index (χ1) is 31.3. The Balaban J connectivity index is 0.000000414. The number of aromatic nitrogens is 3. The van der Waals surface area contributed by atoms with Gasteiger partial charge in [-0.05, 0) is 149 Å². The number of carbonyl (C=O) groups is 6. The van der Waals surface area contributed by atoms with Crippen molar-refractivity contribution in [2.75, 3.05) is 0 Å². The minimum Gasteiger partial charge on any atom is -0.349 e. The summed E-state index contributed by atoms with van der Waals surface area (Å²) in [7, 11) is 0. The van der Waals surface area contributed by atoms with Crippen LogP contribution in [-0.2, 0) is 45.4 Å². The minimum absolute atomic E-state index is 0.00771. The van der Waals surface area contributed by atoms with Gasteiger partial charge in [-0.25, -0.2) is 0 Å². The van der Waals surface area contributed by atoms with Crippen LogP contribution in [0.5, 0.6) is 0 Å². The molecule has 6 heterocycles. The Bertz CT molecular complexity index is 2390. The Morgan fingerprint density at radius 1 is 0.391 bits per heavy atom. The maximum atomic E-state index is 11.3. The van der Waals surface area contributed by atoms with E-state index < -0.39 is 5.54 Å². The Morgan fingerprint density at radius 2 is 0.768 bits per heavy atom. The van der Waals surface area contributed by atoms with Gasteiger partial charge in [0.25, 0.3) is 17.0 Å². The highest BCUT2D eigenvalue weighted by Crippen LogP contribution is 2.20. The fourth-order valence-corrected chi connectivity index (χ4v) is 6.34. The first kappa shape index (κ1) is 60.5. The fourth-order valence-electron chi connectivity index (χ4n) is 6.34. The minimum atomic E-state index is -0.404. The van der Waals surface area contributed by atoms with E-state index in [1.54, 1.807) is 73.8 Å². The Morgan fingerprint density at radius 3 is 1.01 bits per heavy atom. The quantitative estimate of drug-likeness (QED) is 0.159. The van der Waals surface area contributed by atoms with E-state index in [2.05, 4.69) is 20.8 Å². The predicted octanol–water partition coefficient (Wildman–Crippen LogP) is 8.11. The van der Waals surface area contributed by atoms with Crippen molar-refractivity contribution >= 4 is 35.2 Å². The average molecular weight is 955 g/mol. The van der Waals surface area contributed by atoms with Crippen molar-refractivity contribution in [1.82, 2.24) is 28.4 Å². The van der Waals surface area contributed by atoms with E-state index in [1.165, 1.54) is 23.1 Å². The summed E-state index contributed by atoms with van der Waals surface area (Å²) >= 11 is 0. The monoisotopic (exact) mass is 955 g/mol. The molecule has 378 valence electrons. The van der Waals surface area contributed by atoms with Crippen molar-refractivity contribution in [3.63, 3.8) is 0 Å². The number of rotatable bonds is 0. The van der Waals surface area contributed by atoms with Gasteiger partial charge in [-0.3, -0.25) is 48.1 Å². The largest absolute Gasteiger partial charge is 0.349 e. The lowest BCUT2D eigenvalue weighted by Crippen LogP contribution is -2.49. The molecule has 15 nitrogen and oxygen atoms in total. The maximum absolute atomic E-state index is 11.3. The number of imide groups is 1. The number of hydrogen-bond donors (Lipinski definition) is 0. The second kappa shape index (κ2) is 24.7. The molecular weight excluding hydrogens is 877 g/mol. The summed E-state index contributed by atoms with van der Waals surface area (Å²) in [6.45, 7) is 35.5. The summed E-state index contributed by atoms with van der Waals surface area (Å²) in [4.78, 5) is 104. The van der Waals surface area contributed by atoms with E-state index in [9.17, 15) is 43.2 Å². The van der Waals surface area contributed by atoms with Gasteiger partial charge in [0, 0.05) is 107 Å². The number of allylic oxidation sites excluding steroid dienone is 2. The first-order valence-electron chi connectivity index (χ1n) is 22.9. The van der Waals surface area contributed by atoms with E-state index in [1.807, 2.05) is 145 Å². The SMILES string of the molecule is CC(C)(C)N1C(=O)C=CCC1=O.CC(C)(C)N1C=CC(=O)CC1=O.CC(C)(C)N1C=CC(=O)CC1=O.CC(C)(C)n1ccc(=O)cc1.CC(C)(C)n1ccccc1=O.CC(C)(C)n1ccccc1=O. The molecule has 69 heavy (non-hydrogen) atoms. The summed E-state index contributed by atoms with van der Waals surface area (Å²) in [6, 6.07) is 13.5. The molecule has 0 aromatic carbocycles. The van der Waals surface area contributed by atoms with Crippen molar-refractivity contribution in [2.45, 2.75) is 177 Å². The van der Waals surface area contributed by atoms with Gasteiger partial charge in [0.2, 0.25) is 17.7 Å². The number of carbonyl (C=O) groups excluding carboxylic acids is 6. The first-order valence-corrected chi connectivity index (χ1v) is 22.9. The summed E-state index contributed by atoms with van der Waals surface area (Å²) in [5, 5.41) is 0. The third-order valence-corrected chi connectivity index (χ3v) is 9.81. The summed E-state index contributed by atoms with van der Waals surface area (Å²) in [5.41, 5.74) is -0.850. The van der Waals surface area contributed by atoms with E-state index in [0.717, 1.165) is 0 Å². The molecule has 0 unspecified atom stereocenters. The summed E-state index contributed by atoms with van der Waals surface area (Å²) < 4.78 is 5.44. The number of ketones is 2. The molecule has 3 aliphatic rings. The van der Waals surface area contributed by atoms with Crippen molar-refractivity contribution in [3.05, 3.63) is 141 Å². The number of nitrogens with zero attached hydrogens (tertiary/aromatic N) is 6. The highest BCUT2D eigenvalue weighted by molar-refractivity contribution is 6.07. The average Bonchev–Trinajstić information content (AvgIpc) is 3.17. The van der Waals surface area contributed by atoms with Crippen molar-refractivity contribution in [2.24, 2.45) is 0 Å². The maximum Gasteiger partial charge on any atom is 0.253 e. The number of hydrogen-bond acceptors (Lipinski definition) is 9. The Kier molecular flexibility index (Phi) is 21.6. The van der Waals surface area contributed by atoms with Crippen LogP contribution in [0.2, 0.25) is 0 Å². The molecule has 0 N–H and O–H groups in total. The topological polar surface area (TPSA) is 178 Å².